The van der Waals surface area contributed by atoms with Gasteiger partial charge in [-0.15, -0.1) is 0 Å². The standard InChI is InChI=1S/C12H14ClN3O/c1-12(5-6-17-7-12)16-10-8(13)3-2-4-9(10)15-11(16)14/h2-4H,5-7H2,1H3,(H2,14,15). The number of halogens is 1. The minimum atomic E-state index is -0.149. The average Bonchev–Trinajstić information content (AvgIpc) is 2.83. The Morgan fingerprint density at radius 1 is 1.53 bits per heavy atom. The Balaban J connectivity index is 2.31. The molecule has 1 aromatic carbocycles. The zero-order valence-electron chi connectivity index (χ0n) is 9.61. The Kier molecular flexibility index (Phi) is 2.31. The quantitative estimate of drug-likeness (QED) is 0.847. The van der Waals surface area contributed by atoms with E-state index in [1.165, 1.54) is 0 Å². The number of nitrogens with zero attached hydrogens (tertiary/aromatic N) is 2. The molecule has 0 radical (unpaired) electrons. The van der Waals surface area contributed by atoms with Gasteiger partial charge in [-0.1, -0.05) is 17.7 Å². The van der Waals surface area contributed by atoms with Crippen LogP contribution >= 0.6 is 11.6 Å². The molecule has 0 amide bonds. The normalized spacial score (nSPS) is 24.6. The molecule has 1 aromatic heterocycles. The summed E-state index contributed by atoms with van der Waals surface area (Å²) in [6.07, 6.45) is 0.924. The van der Waals surface area contributed by atoms with E-state index in [4.69, 9.17) is 22.1 Å². The zero-order valence-corrected chi connectivity index (χ0v) is 10.4. The highest BCUT2D eigenvalue weighted by molar-refractivity contribution is 6.35. The summed E-state index contributed by atoms with van der Waals surface area (Å²) in [6.45, 7) is 3.52. The minimum absolute atomic E-state index is 0.149. The van der Waals surface area contributed by atoms with Gasteiger partial charge in [-0.05, 0) is 25.5 Å². The van der Waals surface area contributed by atoms with E-state index in [0.29, 0.717) is 17.6 Å². The van der Waals surface area contributed by atoms with E-state index >= 15 is 0 Å². The number of nitrogen functional groups attached to an aromatic ring is 1. The predicted octanol–water partition coefficient (Wildman–Crippen LogP) is 2.41. The van der Waals surface area contributed by atoms with Crippen molar-refractivity contribution < 1.29 is 4.74 Å². The molecule has 2 N–H and O–H groups in total. The number of rotatable bonds is 1. The van der Waals surface area contributed by atoms with Gasteiger partial charge in [-0.2, -0.15) is 0 Å². The topological polar surface area (TPSA) is 53.1 Å². The molecule has 2 aromatic rings. The molecule has 4 nitrogen and oxygen atoms in total. The van der Waals surface area contributed by atoms with Crippen LogP contribution in [0.1, 0.15) is 13.3 Å². The fourth-order valence-electron chi connectivity index (χ4n) is 2.48. The zero-order chi connectivity index (χ0) is 12.0. The Hall–Kier alpha value is -1.26. The maximum atomic E-state index is 6.26. The third-order valence-electron chi connectivity index (χ3n) is 3.39. The molecule has 1 saturated heterocycles. The van der Waals surface area contributed by atoms with Crippen molar-refractivity contribution in [1.82, 2.24) is 9.55 Å². The van der Waals surface area contributed by atoms with Gasteiger partial charge in [0, 0.05) is 6.61 Å². The molecular weight excluding hydrogens is 238 g/mol. The molecule has 0 saturated carbocycles. The number of nitrogens with two attached hydrogens (primary N) is 1. The van der Waals surface area contributed by atoms with Crippen LogP contribution in [0.3, 0.4) is 0 Å². The van der Waals surface area contributed by atoms with Gasteiger partial charge in [-0.25, -0.2) is 4.98 Å². The van der Waals surface area contributed by atoms with Crippen molar-refractivity contribution in [2.45, 2.75) is 18.9 Å². The van der Waals surface area contributed by atoms with Crippen molar-refractivity contribution in [2.24, 2.45) is 0 Å². The van der Waals surface area contributed by atoms with E-state index in [1.807, 2.05) is 22.8 Å². The van der Waals surface area contributed by atoms with Gasteiger partial charge in [0.1, 0.15) is 0 Å². The van der Waals surface area contributed by atoms with Crippen LogP contribution < -0.4 is 5.73 Å². The van der Waals surface area contributed by atoms with Crippen LogP contribution in [0.25, 0.3) is 11.0 Å². The first-order valence-electron chi connectivity index (χ1n) is 5.62. The van der Waals surface area contributed by atoms with Crippen molar-refractivity contribution in [1.29, 1.82) is 0 Å². The Labute approximate surface area is 104 Å². The van der Waals surface area contributed by atoms with Crippen LogP contribution in [0.5, 0.6) is 0 Å². The molecular formula is C12H14ClN3O. The van der Waals surface area contributed by atoms with Gasteiger partial charge in [0.2, 0.25) is 5.95 Å². The summed E-state index contributed by atoms with van der Waals surface area (Å²) in [7, 11) is 0. The molecule has 0 spiro atoms. The smallest absolute Gasteiger partial charge is 0.201 e. The summed E-state index contributed by atoms with van der Waals surface area (Å²) in [4.78, 5) is 4.36. The van der Waals surface area contributed by atoms with E-state index in [1.54, 1.807) is 0 Å². The summed E-state index contributed by atoms with van der Waals surface area (Å²) < 4.78 is 7.49. The van der Waals surface area contributed by atoms with E-state index < -0.39 is 0 Å². The molecule has 1 unspecified atom stereocenters. The molecule has 3 rings (SSSR count). The second-order valence-electron chi connectivity index (χ2n) is 4.71. The van der Waals surface area contributed by atoms with Crippen LogP contribution in [-0.2, 0) is 10.3 Å². The number of hydrogen-bond acceptors (Lipinski definition) is 3. The fourth-order valence-corrected chi connectivity index (χ4v) is 2.74. The number of anilines is 1. The highest BCUT2D eigenvalue weighted by Gasteiger charge is 2.35. The van der Waals surface area contributed by atoms with Crippen LogP contribution in [0.15, 0.2) is 18.2 Å². The molecule has 2 heterocycles. The Morgan fingerprint density at radius 3 is 3.06 bits per heavy atom. The van der Waals surface area contributed by atoms with Crippen molar-refractivity contribution in [3.8, 4) is 0 Å². The van der Waals surface area contributed by atoms with Crippen molar-refractivity contribution in [3.63, 3.8) is 0 Å². The highest BCUT2D eigenvalue weighted by Crippen LogP contribution is 2.35. The summed E-state index contributed by atoms with van der Waals surface area (Å²) in [5.74, 6) is 0.501. The molecule has 90 valence electrons. The van der Waals surface area contributed by atoms with Crippen LogP contribution in [0.2, 0.25) is 5.02 Å². The Morgan fingerprint density at radius 2 is 2.35 bits per heavy atom. The number of ether oxygens (including phenoxy) is 1. The SMILES string of the molecule is CC1(n2c(N)nc3cccc(Cl)c32)CCOC1. The summed E-state index contributed by atoms with van der Waals surface area (Å²) >= 11 is 6.26. The number of imidazole rings is 1. The third-order valence-corrected chi connectivity index (χ3v) is 3.70. The van der Waals surface area contributed by atoms with Crippen LogP contribution in [0, 0.1) is 0 Å². The summed E-state index contributed by atoms with van der Waals surface area (Å²) in [6, 6.07) is 5.67. The first kappa shape index (κ1) is 10.9. The molecule has 1 atom stereocenters. The van der Waals surface area contributed by atoms with E-state index in [2.05, 4.69) is 11.9 Å². The molecule has 1 aliphatic rings. The van der Waals surface area contributed by atoms with E-state index in [-0.39, 0.29) is 5.54 Å². The van der Waals surface area contributed by atoms with Crippen molar-refractivity contribution in [2.75, 3.05) is 18.9 Å². The number of fused-ring (bicyclic) bond motifs is 1. The summed E-state index contributed by atoms with van der Waals surface area (Å²) in [5.41, 5.74) is 7.61. The fraction of sp³-hybridized carbons (Fsp3) is 0.417. The molecule has 5 heteroatoms. The lowest BCUT2D eigenvalue weighted by Crippen LogP contribution is -2.31. The number of aromatic nitrogens is 2. The highest BCUT2D eigenvalue weighted by atomic mass is 35.5. The van der Waals surface area contributed by atoms with Crippen LogP contribution in [-0.4, -0.2) is 22.8 Å². The van der Waals surface area contributed by atoms with Gasteiger partial charge >= 0.3 is 0 Å². The summed E-state index contributed by atoms with van der Waals surface area (Å²) in [5, 5.41) is 0.680. The van der Waals surface area contributed by atoms with Crippen molar-refractivity contribution >= 4 is 28.6 Å². The van der Waals surface area contributed by atoms with Crippen molar-refractivity contribution in [3.05, 3.63) is 23.2 Å². The lowest BCUT2D eigenvalue weighted by Gasteiger charge is -2.26. The first-order chi connectivity index (χ1) is 8.12. The average molecular weight is 252 g/mol. The predicted molar refractivity (Wildman–Crippen MR) is 68.2 cm³/mol. The Bertz CT molecular complexity index is 572. The molecule has 0 bridgehead atoms. The lowest BCUT2D eigenvalue weighted by atomic mass is 10.0. The first-order valence-corrected chi connectivity index (χ1v) is 6.00. The second kappa shape index (κ2) is 3.62. The second-order valence-corrected chi connectivity index (χ2v) is 5.12. The van der Waals surface area contributed by atoms with E-state index in [0.717, 1.165) is 24.1 Å². The monoisotopic (exact) mass is 251 g/mol. The number of benzene rings is 1. The third kappa shape index (κ3) is 1.51. The molecule has 1 fully saturated rings. The number of para-hydroxylation sites is 1. The maximum Gasteiger partial charge on any atom is 0.201 e. The van der Waals surface area contributed by atoms with Gasteiger partial charge in [-0.3, -0.25) is 0 Å². The van der Waals surface area contributed by atoms with Gasteiger partial charge in [0.15, 0.2) is 0 Å². The maximum absolute atomic E-state index is 6.26. The van der Waals surface area contributed by atoms with Gasteiger partial charge in [0.05, 0.1) is 28.2 Å². The minimum Gasteiger partial charge on any atom is -0.379 e. The molecule has 0 aliphatic carbocycles. The number of hydrogen-bond donors (Lipinski definition) is 1. The van der Waals surface area contributed by atoms with Crippen LogP contribution in [0.4, 0.5) is 5.95 Å². The lowest BCUT2D eigenvalue weighted by molar-refractivity contribution is 0.164. The van der Waals surface area contributed by atoms with Gasteiger partial charge in [0.25, 0.3) is 0 Å². The largest absolute Gasteiger partial charge is 0.379 e. The molecule has 17 heavy (non-hydrogen) atoms. The van der Waals surface area contributed by atoms with E-state index in [9.17, 15) is 0 Å². The molecule has 1 aliphatic heterocycles. The van der Waals surface area contributed by atoms with Gasteiger partial charge < -0.3 is 15.0 Å².